The molecule has 0 aliphatic rings. The third-order valence-electron chi connectivity index (χ3n) is 2.01. The van der Waals surface area contributed by atoms with Crippen molar-refractivity contribution >= 4 is 23.7 Å². The number of thioether (sulfide) groups is 1. The van der Waals surface area contributed by atoms with Gasteiger partial charge in [0.1, 0.15) is 0 Å². The number of benzene rings is 1. The number of rotatable bonds is 6. The average Bonchev–Trinajstić information content (AvgIpc) is 2.29. The molecule has 0 heterocycles. The lowest BCUT2D eigenvalue weighted by molar-refractivity contribution is -0.119. The van der Waals surface area contributed by atoms with Crippen LogP contribution in [0.3, 0.4) is 0 Å². The molecular formula is C14H19NOS. The van der Waals surface area contributed by atoms with Crippen LogP contribution in [0.25, 0.3) is 6.08 Å². The Labute approximate surface area is 107 Å². The largest absolute Gasteiger partial charge is 0.353 e. The Balaban J connectivity index is 2.16. The van der Waals surface area contributed by atoms with Crippen LogP contribution in [0.2, 0.25) is 0 Å². The van der Waals surface area contributed by atoms with Crippen molar-refractivity contribution in [1.82, 2.24) is 5.32 Å². The molecule has 1 aromatic carbocycles. The number of hydrogen-bond acceptors (Lipinski definition) is 2. The van der Waals surface area contributed by atoms with Gasteiger partial charge in [-0.1, -0.05) is 42.5 Å². The van der Waals surface area contributed by atoms with Crippen LogP contribution in [0.15, 0.2) is 36.4 Å². The van der Waals surface area contributed by atoms with Crippen molar-refractivity contribution in [2.75, 3.05) is 11.5 Å². The van der Waals surface area contributed by atoms with Gasteiger partial charge in [0.05, 0.1) is 5.75 Å². The molecule has 17 heavy (non-hydrogen) atoms. The van der Waals surface area contributed by atoms with Crippen molar-refractivity contribution in [3.63, 3.8) is 0 Å². The zero-order valence-corrected chi connectivity index (χ0v) is 11.2. The number of nitrogens with one attached hydrogen (secondary N) is 1. The Bertz CT molecular complexity index is 360. The van der Waals surface area contributed by atoms with E-state index in [0.29, 0.717) is 5.75 Å². The van der Waals surface area contributed by atoms with Gasteiger partial charge >= 0.3 is 0 Å². The van der Waals surface area contributed by atoms with Crippen LogP contribution in [-0.4, -0.2) is 23.5 Å². The van der Waals surface area contributed by atoms with E-state index < -0.39 is 0 Å². The summed E-state index contributed by atoms with van der Waals surface area (Å²) in [5, 5.41) is 2.87. The van der Waals surface area contributed by atoms with Crippen LogP contribution in [-0.2, 0) is 4.79 Å². The van der Waals surface area contributed by atoms with Gasteiger partial charge in [0, 0.05) is 11.8 Å². The summed E-state index contributed by atoms with van der Waals surface area (Å²) >= 11 is 1.62. The fourth-order valence-corrected chi connectivity index (χ4v) is 1.95. The highest BCUT2D eigenvalue weighted by atomic mass is 32.2. The molecule has 0 fully saturated rings. The van der Waals surface area contributed by atoms with E-state index in [9.17, 15) is 4.79 Å². The first kappa shape index (κ1) is 13.8. The second kappa shape index (κ2) is 7.96. The Kier molecular flexibility index (Phi) is 6.48. The monoisotopic (exact) mass is 249 g/mol. The third-order valence-corrected chi connectivity index (χ3v) is 2.90. The maximum Gasteiger partial charge on any atom is 0.230 e. The van der Waals surface area contributed by atoms with Crippen molar-refractivity contribution < 1.29 is 4.79 Å². The lowest BCUT2D eigenvalue weighted by Crippen LogP contribution is -2.31. The molecule has 0 spiro atoms. The van der Waals surface area contributed by atoms with E-state index in [-0.39, 0.29) is 11.9 Å². The van der Waals surface area contributed by atoms with Crippen LogP contribution < -0.4 is 5.32 Å². The van der Waals surface area contributed by atoms with Crippen molar-refractivity contribution in [2.45, 2.75) is 19.9 Å². The third kappa shape index (κ3) is 6.84. The fourth-order valence-electron chi connectivity index (χ4n) is 1.33. The predicted octanol–water partition coefficient (Wildman–Crippen LogP) is 2.96. The van der Waals surface area contributed by atoms with E-state index >= 15 is 0 Å². The quantitative estimate of drug-likeness (QED) is 0.785. The van der Waals surface area contributed by atoms with E-state index in [0.717, 1.165) is 5.75 Å². The summed E-state index contributed by atoms with van der Waals surface area (Å²) in [6, 6.07) is 10.4. The predicted molar refractivity (Wildman–Crippen MR) is 76.1 cm³/mol. The highest BCUT2D eigenvalue weighted by molar-refractivity contribution is 8.00. The summed E-state index contributed by atoms with van der Waals surface area (Å²) in [5.74, 6) is 1.50. The molecule has 0 saturated heterocycles. The molecule has 0 aromatic heterocycles. The highest BCUT2D eigenvalue weighted by Gasteiger charge is 2.01. The van der Waals surface area contributed by atoms with E-state index in [4.69, 9.17) is 0 Å². The summed E-state index contributed by atoms with van der Waals surface area (Å²) in [7, 11) is 0. The SMILES string of the molecule is CC(C)NC(=O)CSC/C=C/c1ccccc1. The second-order valence-electron chi connectivity index (χ2n) is 4.05. The Hall–Kier alpha value is -1.22. The van der Waals surface area contributed by atoms with E-state index in [1.54, 1.807) is 11.8 Å². The standard InChI is InChI=1S/C14H19NOS/c1-12(2)15-14(16)11-17-10-6-9-13-7-4-3-5-8-13/h3-9,12H,10-11H2,1-2H3,(H,15,16)/b9-6+. The molecule has 3 heteroatoms. The Morgan fingerprint density at radius 2 is 2.06 bits per heavy atom. The lowest BCUT2D eigenvalue weighted by atomic mass is 10.2. The van der Waals surface area contributed by atoms with Crippen molar-refractivity contribution in [2.24, 2.45) is 0 Å². The number of carbonyl (C=O) groups is 1. The topological polar surface area (TPSA) is 29.1 Å². The van der Waals surface area contributed by atoms with Gasteiger partial charge in [0.2, 0.25) is 5.91 Å². The molecule has 1 rings (SSSR count). The number of hydrogen-bond donors (Lipinski definition) is 1. The van der Waals surface area contributed by atoms with Gasteiger partial charge in [-0.3, -0.25) is 4.79 Å². The van der Waals surface area contributed by atoms with Crippen LogP contribution in [0.1, 0.15) is 19.4 Å². The Morgan fingerprint density at radius 3 is 2.71 bits per heavy atom. The first-order valence-electron chi connectivity index (χ1n) is 5.77. The molecule has 0 radical (unpaired) electrons. The smallest absolute Gasteiger partial charge is 0.230 e. The normalized spacial score (nSPS) is 11.0. The van der Waals surface area contributed by atoms with Gasteiger partial charge in [0.25, 0.3) is 0 Å². The lowest BCUT2D eigenvalue weighted by Gasteiger charge is -2.06. The van der Waals surface area contributed by atoms with Crippen LogP contribution in [0, 0.1) is 0 Å². The first-order chi connectivity index (χ1) is 8.18. The fraction of sp³-hybridized carbons (Fsp3) is 0.357. The highest BCUT2D eigenvalue weighted by Crippen LogP contribution is 2.04. The second-order valence-corrected chi connectivity index (χ2v) is 5.08. The Morgan fingerprint density at radius 1 is 1.35 bits per heavy atom. The average molecular weight is 249 g/mol. The van der Waals surface area contributed by atoms with E-state index in [2.05, 4.69) is 29.6 Å². The summed E-state index contributed by atoms with van der Waals surface area (Å²) in [6.45, 7) is 3.94. The van der Waals surface area contributed by atoms with Crippen molar-refractivity contribution in [3.8, 4) is 0 Å². The minimum Gasteiger partial charge on any atom is -0.353 e. The molecule has 0 bridgehead atoms. The molecule has 2 nitrogen and oxygen atoms in total. The van der Waals surface area contributed by atoms with E-state index in [1.165, 1.54) is 5.56 Å². The minimum atomic E-state index is 0.109. The van der Waals surface area contributed by atoms with Crippen LogP contribution >= 0.6 is 11.8 Å². The van der Waals surface area contributed by atoms with Crippen molar-refractivity contribution in [1.29, 1.82) is 0 Å². The molecule has 1 aromatic rings. The van der Waals surface area contributed by atoms with Crippen LogP contribution in [0.5, 0.6) is 0 Å². The maximum absolute atomic E-state index is 11.3. The minimum absolute atomic E-state index is 0.109. The first-order valence-corrected chi connectivity index (χ1v) is 6.92. The molecule has 0 aliphatic carbocycles. The zero-order chi connectivity index (χ0) is 12.5. The molecule has 1 amide bonds. The summed E-state index contributed by atoms with van der Waals surface area (Å²) in [4.78, 5) is 11.3. The van der Waals surface area contributed by atoms with E-state index in [1.807, 2.05) is 32.0 Å². The molecule has 0 atom stereocenters. The number of carbonyl (C=O) groups excluding carboxylic acids is 1. The van der Waals surface area contributed by atoms with Gasteiger partial charge in [-0.2, -0.15) is 0 Å². The molecule has 1 N–H and O–H groups in total. The molecule has 0 unspecified atom stereocenters. The zero-order valence-electron chi connectivity index (χ0n) is 10.3. The summed E-state index contributed by atoms with van der Waals surface area (Å²) < 4.78 is 0. The number of amides is 1. The molecule has 0 saturated carbocycles. The van der Waals surface area contributed by atoms with Crippen molar-refractivity contribution in [3.05, 3.63) is 42.0 Å². The van der Waals surface area contributed by atoms with Crippen LogP contribution in [0.4, 0.5) is 0 Å². The molecule has 0 aliphatic heterocycles. The summed E-state index contributed by atoms with van der Waals surface area (Å²) in [6.07, 6.45) is 4.16. The van der Waals surface area contributed by atoms with Gasteiger partial charge < -0.3 is 5.32 Å². The van der Waals surface area contributed by atoms with Gasteiger partial charge in [0.15, 0.2) is 0 Å². The summed E-state index contributed by atoms with van der Waals surface area (Å²) in [5.41, 5.74) is 1.19. The molecule has 92 valence electrons. The molecular weight excluding hydrogens is 230 g/mol. The maximum atomic E-state index is 11.3. The van der Waals surface area contributed by atoms with Gasteiger partial charge in [-0.05, 0) is 19.4 Å². The van der Waals surface area contributed by atoms with Gasteiger partial charge in [-0.25, -0.2) is 0 Å². The van der Waals surface area contributed by atoms with Gasteiger partial charge in [-0.15, -0.1) is 11.8 Å².